The van der Waals surface area contributed by atoms with E-state index in [-0.39, 0.29) is 6.23 Å². The largest absolute Gasteiger partial charge is 0.360 e. The average Bonchev–Trinajstić information content (AvgIpc) is 2.30. The van der Waals surface area contributed by atoms with Gasteiger partial charge in [0, 0.05) is 6.04 Å². The number of ether oxygens (including phenoxy) is 1. The summed E-state index contributed by atoms with van der Waals surface area (Å²) in [5.74, 6) is 0. The number of allylic oxidation sites excluding steroid dienone is 4. The van der Waals surface area contributed by atoms with Crippen molar-refractivity contribution in [2.75, 3.05) is 6.61 Å². The van der Waals surface area contributed by atoms with Crippen LogP contribution < -0.4 is 5.32 Å². The summed E-state index contributed by atoms with van der Waals surface area (Å²) < 4.78 is 5.60. The van der Waals surface area contributed by atoms with E-state index in [0.717, 1.165) is 12.8 Å². The molecule has 0 radical (unpaired) electrons. The average molecular weight is 223 g/mol. The smallest absolute Gasteiger partial charge is 0.105 e. The van der Waals surface area contributed by atoms with Gasteiger partial charge in [-0.05, 0) is 19.8 Å². The van der Waals surface area contributed by atoms with Crippen molar-refractivity contribution in [1.82, 2.24) is 5.32 Å². The van der Waals surface area contributed by atoms with Crippen LogP contribution in [0.25, 0.3) is 0 Å². The first-order valence-corrected chi connectivity index (χ1v) is 6.06. The minimum atomic E-state index is 0.109. The van der Waals surface area contributed by atoms with E-state index < -0.39 is 0 Å². The molecule has 0 aromatic carbocycles. The van der Waals surface area contributed by atoms with Crippen LogP contribution in [0.1, 0.15) is 33.6 Å². The van der Waals surface area contributed by atoms with Gasteiger partial charge in [0.1, 0.15) is 6.23 Å². The zero-order valence-corrected chi connectivity index (χ0v) is 10.8. The Morgan fingerprint density at radius 3 is 2.44 bits per heavy atom. The SMILES string of the molecule is C=C/C=C\C=C\COC(C)NC(CC)CC. The highest BCUT2D eigenvalue weighted by Crippen LogP contribution is 1.99. The molecule has 0 aromatic rings. The minimum Gasteiger partial charge on any atom is -0.360 e. The van der Waals surface area contributed by atoms with Crippen LogP contribution in [0.15, 0.2) is 37.0 Å². The molecule has 1 N–H and O–H groups in total. The quantitative estimate of drug-likeness (QED) is 0.477. The van der Waals surface area contributed by atoms with Crippen LogP contribution in [0.3, 0.4) is 0 Å². The van der Waals surface area contributed by atoms with Crippen molar-refractivity contribution in [3.63, 3.8) is 0 Å². The lowest BCUT2D eigenvalue weighted by atomic mass is 10.2. The molecule has 2 heteroatoms. The molecule has 0 rings (SSSR count). The third-order valence-corrected chi connectivity index (χ3v) is 2.39. The molecule has 2 nitrogen and oxygen atoms in total. The van der Waals surface area contributed by atoms with Gasteiger partial charge in [0.25, 0.3) is 0 Å². The number of rotatable bonds is 9. The number of nitrogens with one attached hydrogen (secondary N) is 1. The molecule has 0 heterocycles. The van der Waals surface area contributed by atoms with E-state index in [1.54, 1.807) is 6.08 Å². The summed E-state index contributed by atoms with van der Waals surface area (Å²) in [6.07, 6.45) is 11.9. The highest BCUT2D eigenvalue weighted by Gasteiger charge is 2.06. The van der Waals surface area contributed by atoms with Crippen molar-refractivity contribution < 1.29 is 4.74 Å². The summed E-state index contributed by atoms with van der Waals surface area (Å²) >= 11 is 0. The van der Waals surface area contributed by atoms with Gasteiger partial charge >= 0.3 is 0 Å². The predicted octanol–water partition coefficient (Wildman–Crippen LogP) is 3.43. The minimum absolute atomic E-state index is 0.109. The Hall–Kier alpha value is -0.860. The summed E-state index contributed by atoms with van der Waals surface area (Å²) in [6.45, 7) is 10.7. The first-order valence-electron chi connectivity index (χ1n) is 6.06. The van der Waals surface area contributed by atoms with Crippen molar-refractivity contribution in [2.24, 2.45) is 0 Å². The maximum absolute atomic E-state index is 5.60. The van der Waals surface area contributed by atoms with Crippen LogP contribution >= 0.6 is 0 Å². The van der Waals surface area contributed by atoms with Crippen molar-refractivity contribution >= 4 is 0 Å². The normalized spacial score (nSPS) is 14.0. The molecule has 0 spiro atoms. The Morgan fingerprint density at radius 2 is 1.88 bits per heavy atom. The zero-order chi connectivity index (χ0) is 12.2. The van der Waals surface area contributed by atoms with Gasteiger partial charge in [0.15, 0.2) is 0 Å². The topological polar surface area (TPSA) is 21.3 Å². The molecule has 0 saturated carbocycles. The molecule has 92 valence electrons. The third-order valence-electron chi connectivity index (χ3n) is 2.39. The summed E-state index contributed by atoms with van der Waals surface area (Å²) in [4.78, 5) is 0. The van der Waals surface area contributed by atoms with Crippen molar-refractivity contribution in [3.8, 4) is 0 Å². The summed E-state index contributed by atoms with van der Waals surface area (Å²) in [6, 6.07) is 0.555. The second-order valence-corrected chi connectivity index (χ2v) is 3.70. The second kappa shape index (κ2) is 10.7. The lowest BCUT2D eigenvalue weighted by molar-refractivity contribution is 0.0520. The van der Waals surface area contributed by atoms with Crippen LogP contribution in [0.4, 0.5) is 0 Å². The fraction of sp³-hybridized carbons (Fsp3) is 0.571. The highest BCUT2D eigenvalue weighted by molar-refractivity contribution is 5.08. The van der Waals surface area contributed by atoms with Crippen LogP contribution in [0.5, 0.6) is 0 Å². The van der Waals surface area contributed by atoms with E-state index in [1.165, 1.54) is 0 Å². The van der Waals surface area contributed by atoms with E-state index in [2.05, 4.69) is 25.7 Å². The molecule has 0 fully saturated rings. The number of hydrogen-bond acceptors (Lipinski definition) is 2. The highest BCUT2D eigenvalue weighted by atomic mass is 16.5. The fourth-order valence-corrected chi connectivity index (χ4v) is 1.38. The van der Waals surface area contributed by atoms with Gasteiger partial charge in [-0.1, -0.05) is 50.8 Å². The lowest BCUT2D eigenvalue weighted by Crippen LogP contribution is -2.37. The first-order chi connectivity index (χ1) is 7.74. The Balaban J connectivity index is 3.64. The van der Waals surface area contributed by atoms with Gasteiger partial charge < -0.3 is 4.74 Å². The van der Waals surface area contributed by atoms with Crippen molar-refractivity contribution in [1.29, 1.82) is 0 Å². The van der Waals surface area contributed by atoms with Gasteiger partial charge in [-0.25, -0.2) is 0 Å². The van der Waals surface area contributed by atoms with Crippen LogP contribution in [0, 0.1) is 0 Å². The Labute approximate surface area is 100 Å². The maximum atomic E-state index is 5.60. The van der Waals surface area contributed by atoms with Gasteiger partial charge in [0.2, 0.25) is 0 Å². The Bertz CT molecular complexity index is 217. The molecule has 0 bridgehead atoms. The van der Waals surface area contributed by atoms with E-state index in [4.69, 9.17) is 4.74 Å². The molecule has 16 heavy (non-hydrogen) atoms. The maximum Gasteiger partial charge on any atom is 0.105 e. The summed E-state index contributed by atoms with van der Waals surface area (Å²) in [5.41, 5.74) is 0. The summed E-state index contributed by atoms with van der Waals surface area (Å²) in [5, 5.41) is 3.43. The fourth-order valence-electron chi connectivity index (χ4n) is 1.38. The monoisotopic (exact) mass is 223 g/mol. The standard InChI is InChI=1S/C14H25NO/c1-5-8-9-10-11-12-16-13(4)15-14(6-2)7-3/h5,8-11,13-15H,1,6-7,12H2,2-4H3/b9-8-,11-10+. The molecular formula is C14H25NO. The van der Waals surface area contributed by atoms with E-state index >= 15 is 0 Å². The lowest BCUT2D eigenvalue weighted by Gasteiger charge is -2.20. The molecule has 0 aromatic heterocycles. The van der Waals surface area contributed by atoms with Crippen molar-refractivity contribution in [2.45, 2.75) is 45.9 Å². The molecule has 0 amide bonds. The number of hydrogen-bond donors (Lipinski definition) is 1. The third kappa shape index (κ3) is 8.45. The molecule has 0 aliphatic heterocycles. The first kappa shape index (κ1) is 15.1. The van der Waals surface area contributed by atoms with Crippen LogP contribution in [-0.2, 0) is 4.74 Å². The Morgan fingerprint density at radius 1 is 1.19 bits per heavy atom. The Kier molecular flexibility index (Phi) is 10.1. The van der Waals surface area contributed by atoms with E-state index in [1.807, 2.05) is 31.2 Å². The van der Waals surface area contributed by atoms with Crippen LogP contribution in [0.2, 0.25) is 0 Å². The molecule has 0 saturated heterocycles. The van der Waals surface area contributed by atoms with E-state index in [0.29, 0.717) is 12.6 Å². The molecule has 0 aliphatic carbocycles. The second-order valence-electron chi connectivity index (χ2n) is 3.70. The van der Waals surface area contributed by atoms with E-state index in [9.17, 15) is 0 Å². The molecule has 0 aliphatic rings. The van der Waals surface area contributed by atoms with Gasteiger partial charge in [-0.3, -0.25) is 5.32 Å². The zero-order valence-electron chi connectivity index (χ0n) is 10.8. The van der Waals surface area contributed by atoms with Gasteiger partial charge in [0.05, 0.1) is 6.61 Å². The van der Waals surface area contributed by atoms with Gasteiger partial charge in [-0.15, -0.1) is 0 Å². The predicted molar refractivity (Wildman–Crippen MR) is 71.4 cm³/mol. The van der Waals surface area contributed by atoms with Crippen LogP contribution in [-0.4, -0.2) is 18.9 Å². The molecule has 1 atom stereocenters. The molecular weight excluding hydrogens is 198 g/mol. The summed E-state index contributed by atoms with van der Waals surface area (Å²) in [7, 11) is 0. The molecule has 1 unspecified atom stereocenters. The van der Waals surface area contributed by atoms with Crippen molar-refractivity contribution in [3.05, 3.63) is 37.0 Å². The van der Waals surface area contributed by atoms with Gasteiger partial charge in [-0.2, -0.15) is 0 Å².